The van der Waals surface area contributed by atoms with Gasteiger partial charge in [-0.15, -0.1) is 0 Å². The lowest BCUT2D eigenvalue weighted by Crippen LogP contribution is -2.06. The average Bonchev–Trinajstić information content (AvgIpc) is 2.89. The fourth-order valence-corrected chi connectivity index (χ4v) is 1.68. The van der Waals surface area contributed by atoms with Crippen LogP contribution in [0.15, 0.2) is 36.9 Å². The van der Waals surface area contributed by atoms with Gasteiger partial charge in [0.25, 0.3) is 0 Å². The molecule has 0 fully saturated rings. The Bertz CT molecular complexity index is 539. The molecule has 0 aliphatic carbocycles. The van der Waals surface area contributed by atoms with Crippen molar-refractivity contribution in [1.29, 1.82) is 5.26 Å². The van der Waals surface area contributed by atoms with Crippen molar-refractivity contribution in [3.63, 3.8) is 0 Å². The van der Waals surface area contributed by atoms with Gasteiger partial charge in [0.1, 0.15) is 6.07 Å². The number of aromatic nitrogens is 2. The predicted molar refractivity (Wildman–Crippen MR) is 70.9 cm³/mol. The Morgan fingerprint density at radius 1 is 1.44 bits per heavy atom. The number of nitrogens with two attached hydrogens (primary N) is 1. The SMILES string of the molecule is N#Cc1cc(NCCCn2ccnc2)ccc1N. The maximum Gasteiger partial charge on any atom is 0.101 e. The van der Waals surface area contributed by atoms with E-state index in [1.165, 1.54) is 0 Å². The third kappa shape index (κ3) is 3.01. The van der Waals surface area contributed by atoms with Crippen LogP contribution in [0.2, 0.25) is 0 Å². The minimum absolute atomic E-state index is 0.509. The van der Waals surface area contributed by atoms with Crippen LogP contribution in [0.3, 0.4) is 0 Å². The van der Waals surface area contributed by atoms with E-state index >= 15 is 0 Å². The molecule has 1 aromatic heterocycles. The van der Waals surface area contributed by atoms with Crippen LogP contribution in [0.4, 0.5) is 11.4 Å². The van der Waals surface area contributed by atoms with E-state index in [1.807, 2.05) is 16.8 Å². The molecule has 1 aromatic carbocycles. The molecule has 0 bridgehead atoms. The van der Waals surface area contributed by atoms with E-state index < -0.39 is 0 Å². The molecule has 2 rings (SSSR count). The molecule has 5 heteroatoms. The van der Waals surface area contributed by atoms with Gasteiger partial charge in [-0.3, -0.25) is 0 Å². The highest BCUT2D eigenvalue weighted by molar-refractivity contribution is 5.61. The van der Waals surface area contributed by atoms with Crippen LogP contribution in [0, 0.1) is 11.3 Å². The molecule has 0 atom stereocenters. The van der Waals surface area contributed by atoms with E-state index in [0.29, 0.717) is 11.3 Å². The van der Waals surface area contributed by atoms with Gasteiger partial charge in [-0.1, -0.05) is 0 Å². The fourth-order valence-electron chi connectivity index (χ4n) is 1.68. The molecule has 0 unspecified atom stereocenters. The molecule has 0 saturated carbocycles. The van der Waals surface area contributed by atoms with Crippen LogP contribution in [-0.2, 0) is 6.54 Å². The second-order valence-corrected chi connectivity index (χ2v) is 3.99. The first-order chi connectivity index (χ1) is 8.79. The number of imidazole rings is 1. The summed E-state index contributed by atoms with van der Waals surface area (Å²) in [7, 11) is 0. The number of nitrogens with one attached hydrogen (secondary N) is 1. The highest BCUT2D eigenvalue weighted by Crippen LogP contribution is 2.16. The summed E-state index contributed by atoms with van der Waals surface area (Å²) in [6, 6.07) is 7.47. The Labute approximate surface area is 106 Å². The molecule has 2 aromatic rings. The van der Waals surface area contributed by atoms with Gasteiger partial charge < -0.3 is 15.6 Å². The highest BCUT2D eigenvalue weighted by Gasteiger charge is 1.99. The molecule has 0 aliphatic rings. The summed E-state index contributed by atoms with van der Waals surface area (Å²) in [5.41, 5.74) is 7.61. The lowest BCUT2D eigenvalue weighted by Gasteiger charge is -2.08. The van der Waals surface area contributed by atoms with E-state index in [4.69, 9.17) is 11.0 Å². The van der Waals surface area contributed by atoms with E-state index in [0.717, 1.165) is 25.2 Å². The Hall–Kier alpha value is -2.48. The van der Waals surface area contributed by atoms with Gasteiger partial charge >= 0.3 is 0 Å². The molecule has 5 nitrogen and oxygen atoms in total. The molecule has 0 radical (unpaired) electrons. The Morgan fingerprint density at radius 3 is 3.06 bits per heavy atom. The standard InChI is InChI=1S/C13H15N5/c14-9-11-8-12(2-3-13(11)15)17-4-1-6-18-7-5-16-10-18/h2-3,5,7-8,10,17H,1,4,6,15H2. The number of hydrogen-bond acceptors (Lipinski definition) is 4. The van der Waals surface area contributed by atoms with Crippen LogP contribution >= 0.6 is 0 Å². The molecule has 0 aliphatic heterocycles. The second kappa shape index (κ2) is 5.73. The summed E-state index contributed by atoms with van der Waals surface area (Å²) in [6.07, 6.45) is 6.50. The van der Waals surface area contributed by atoms with Crippen molar-refractivity contribution in [3.8, 4) is 6.07 Å². The molecule has 0 saturated heterocycles. The predicted octanol–water partition coefficient (Wildman–Crippen LogP) is 1.84. The summed E-state index contributed by atoms with van der Waals surface area (Å²) < 4.78 is 2.03. The number of anilines is 2. The molecular formula is C13H15N5. The van der Waals surface area contributed by atoms with Gasteiger partial charge in [0.2, 0.25) is 0 Å². The zero-order valence-electron chi connectivity index (χ0n) is 10.0. The molecular weight excluding hydrogens is 226 g/mol. The molecule has 3 N–H and O–H groups in total. The number of benzene rings is 1. The van der Waals surface area contributed by atoms with Gasteiger partial charge in [0.05, 0.1) is 11.9 Å². The fraction of sp³-hybridized carbons (Fsp3) is 0.231. The molecule has 1 heterocycles. The minimum Gasteiger partial charge on any atom is -0.398 e. The van der Waals surface area contributed by atoms with Crippen molar-refractivity contribution in [2.75, 3.05) is 17.6 Å². The van der Waals surface area contributed by atoms with E-state index in [9.17, 15) is 0 Å². The summed E-state index contributed by atoms with van der Waals surface area (Å²) in [5.74, 6) is 0. The number of nitrogens with zero attached hydrogens (tertiary/aromatic N) is 3. The van der Waals surface area contributed by atoms with Crippen LogP contribution in [0.5, 0.6) is 0 Å². The van der Waals surface area contributed by atoms with Crippen molar-refractivity contribution in [3.05, 3.63) is 42.5 Å². The highest BCUT2D eigenvalue weighted by atomic mass is 15.0. The van der Waals surface area contributed by atoms with Crippen LogP contribution in [-0.4, -0.2) is 16.1 Å². The number of aryl methyl sites for hydroxylation is 1. The zero-order valence-corrected chi connectivity index (χ0v) is 10.0. The van der Waals surface area contributed by atoms with E-state index in [1.54, 1.807) is 24.7 Å². The van der Waals surface area contributed by atoms with E-state index in [-0.39, 0.29) is 0 Å². The van der Waals surface area contributed by atoms with Gasteiger partial charge in [0.15, 0.2) is 0 Å². The van der Waals surface area contributed by atoms with Crippen molar-refractivity contribution in [2.45, 2.75) is 13.0 Å². The number of nitrogen functional groups attached to an aromatic ring is 1. The minimum atomic E-state index is 0.509. The van der Waals surface area contributed by atoms with Crippen molar-refractivity contribution < 1.29 is 0 Å². The van der Waals surface area contributed by atoms with Gasteiger partial charge in [-0.2, -0.15) is 5.26 Å². The monoisotopic (exact) mass is 241 g/mol. The van der Waals surface area contributed by atoms with Crippen molar-refractivity contribution >= 4 is 11.4 Å². The van der Waals surface area contributed by atoms with Crippen molar-refractivity contribution in [1.82, 2.24) is 9.55 Å². The average molecular weight is 241 g/mol. The first kappa shape index (κ1) is 12.0. The maximum atomic E-state index is 8.87. The third-order valence-corrected chi connectivity index (χ3v) is 2.66. The maximum absolute atomic E-state index is 8.87. The summed E-state index contributed by atoms with van der Waals surface area (Å²) >= 11 is 0. The van der Waals surface area contributed by atoms with Crippen molar-refractivity contribution in [2.24, 2.45) is 0 Å². The summed E-state index contributed by atoms with van der Waals surface area (Å²) in [6.45, 7) is 1.76. The topological polar surface area (TPSA) is 79.7 Å². The lowest BCUT2D eigenvalue weighted by molar-refractivity contribution is 0.661. The number of rotatable bonds is 5. The zero-order chi connectivity index (χ0) is 12.8. The normalized spacial score (nSPS) is 9.94. The van der Waals surface area contributed by atoms with Crippen LogP contribution in [0.25, 0.3) is 0 Å². The Balaban J connectivity index is 1.82. The quantitative estimate of drug-likeness (QED) is 0.618. The first-order valence-electron chi connectivity index (χ1n) is 5.79. The van der Waals surface area contributed by atoms with E-state index in [2.05, 4.69) is 16.4 Å². The third-order valence-electron chi connectivity index (χ3n) is 2.66. The summed E-state index contributed by atoms with van der Waals surface area (Å²) in [4.78, 5) is 3.98. The first-order valence-corrected chi connectivity index (χ1v) is 5.79. The second-order valence-electron chi connectivity index (χ2n) is 3.99. The van der Waals surface area contributed by atoms with Gasteiger partial charge in [-0.05, 0) is 24.6 Å². The lowest BCUT2D eigenvalue weighted by atomic mass is 10.2. The molecule has 0 amide bonds. The molecule has 18 heavy (non-hydrogen) atoms. The largest absolute Gasteiger partial charge is 0.398 e. The number of hydrogen-bond donors (Lipinski definition) is 2. The van der Waals surface area contributed by atoms with Crippen LogP contribution < -0.4 is 11.1 Å². The van der Waals surface area contributed by atoms with Gasteiger partial charge in [0, 0.05) is 36.9 Å². The molecule has 92 valence electrons. The van der Waals surface area contributed by atoms with Crippen LogP contribution in [0.1, 0.15) is 12.0 Å². The summed E-state index contributed by atoms with van der Waals surface area (Å²) in [5, 5.41) is 12.1. The molecule has 0 spiro atoms. The van der Waals surface area contributed by atoms with Gasteiger partial charge in [-0.25, -0.2) is 4.98 Å². The Morgan fingerprint density at radius 2 is 2.33 bits per heavy atom. The smallest absolute Gasteiger partial charge is 0.101 e. The number of nitriles is 1. The Kier molecular flexibility index (Phi) is 3.82.